The van der Waals surface area contributed by atoms with Gasteiger partial charge in [0.15, 0.2) is 11.6 Å². The molecule has 1 N–H and O–H groups in total. The van der Waals surface area contributed by atoms with Crippen LogP contribution in [0.25, 0.3) is 0 Å². The predicted octanol–water partition coefficient (Wildman–Crippen LogP) is 3.79. The molecular formula is C18H26FNO. The van der Waals surface area contributed by atoms with E-state index in [-0.39, 0.29) is 5.82 Å². The molecule has 0 spiro atoms. The first-order chi connectivity index (χ1) is 10.2. The number of nitrogens with one attached hydrogen (secondary N) is 1. The maximum Gasteiger partial charge on any atom is 0.165 e. The van der Waals surface area contributed by atoms with E-state index in [1.165, 1.54) is 26.4 Å². The largest absolute Gasteiger partial charge is 0.494 e. The van der Waals surface area contributed by atoms with Crippen LogP contribution in [0.15, 0.2) is 18.2 Å². The first-order valence-electron chi connectivity index (χ1n) is 8.30. The first kappa shape index (κ1) is 14.8. The molecule has 3 heteroatoms. The van der Waals surface area contributed by atoms with Crippen molar-refractivity contribution in [1.82, 2.24) is 5.32 Å². The Balaban J connectivity index is 1.67. The standard InChI is InChI=1S/C18H26FNO/c1-3-9-20-16(18-13-5-4-6-14(13)18)11-12-7-8-17(21-2)15(19)10-12/h7-8,10,13-14,16,18,20H,3-6,9,11H2,1-2H3. The predicted molar refractivity (Wildman–Crippen MR) is 83.1 cm³/mol. The van der Waals surface area contributed by atoms with Gasteiger partial charge in [0.2, 0.25) is 0 Å². The van der Waals surface area contributed by atoms with E-state index >= 15 is 0 Å². The molecule has 1 aromatic rings. The zero-order valence-corrected chi connectivity index (χ0v) is 13.1. The summed E-state index contributed by atoms with van der Waals surface area (Å²) in [4.78, 5) is 0. The van der Waals surface area contributed by atoms with Crippen LogP contribution in [-0.4, -0.2) is 19.7 Å². The van der Waals surface area contributed by atoms with Crippen LogP contribution >= 0.6 is 0 Å². The molecule has 2 saturated carbocycles. The maximum absolute atomic E-state index is 13.9. The van der Waals surface area contributed by atoms with Gasteiger partial charge in [-0.3, -0.25) is 0 Å². The van der Waals surface area contributed by atoms with Gasteiger partial charge in [-0.05, 0) is 67.7 Å². The third-order valence-corrected chi connectivity index (χ3v) is 5.27. The molecule has 2 fully saturated rings. The van der Waals surface area contributed by atoms with Gasteiger partial charge in [-0.2, -0.15) is 0 Å². The van der Waals surface area contributed by atoms with E-state index in [1.807, 2.05) is 6.07 Å². The number of rotatable bonds is 7. The normalized spacial score (nSPS) is 28.2. The van der Waals surface area contributed by atoms with Crippen LogP contribution < -0.4 is 10.1 Å². The lowest BCUT2D eigenvalue weighted by atomic mass is 9.97. The highest BCUT2D eigenvalue weighted by atomic mass is 19.1. The maximum atomic E-state index is 13.9. The zero-order chi connectivity index (χ0) is 14.8. The summed E-state index contributed by atoms with van der Waals surface area (Å²) in [5, 5.41) is 3.70. The van der Waals surface area contributed by atoms with Crippen LogP contribution in [0.3, 0.4) is 0 Å². The average molecular weight is 291 g/mol. The van der Waals surface area contributed by atoms with Crippen molar-refractivity contribution in [2.24, 2.45) is 17.8 Å². The molecule has 3 atom stereocenters. The van der Waals surface area contributed by atoms with Gasteiger partial charge in [-0.25, -0.2) is 4.39 Å². The molecule has 0 aliphatic heterocycles. The van der Waals surface area contributed by atoms with E-state index in [4.69, 9.17) is 4.74 Å². The fourth-order valence-corrected chi connectivity index (χ4v) is 4.24. The minimum atomic E-state index is -0.250. The lowest BCUT2D eigenvalue weighted by Crippen LogP contribution is -2.35. The number of halogens is 1. The molecule has 2 aliphatic carbocycles. The van der Waals surface area contributed by atoms with Crippen LogP contribution in [0, 0.1) is 23.6 Å². The van der Waals surface area contributed by atoms with Gasteiger partial charge < -0.3 is 10.1 Å². The summed E-state index contributed by atoms with van der Waals surface area (Å²) in [6, 6.07) is 5.89. The Labute approximate surface area is 127 Å². The molecule has 2 nitrogen and oxygen atoms in total. The Morgan fingerprint density at radius 3 is 2.71 bits per heavy atom. The number of hydrogen-bond donors (Lipinski definition) is 1. The molecule has 0 bridgehead atoms. The fraction of sp³-hybridized carbons (Fsp3) is 0.667. The highest BCUT2D eigenvalue weighted by Crippen LogP contribution is 2.59. The molecular weight excluding hydrogens is 265 g/mol. The van der Waals surface area contributed by atoms with Crippen molar-refractivity contribution < 1.29 is 9.13 Å². The van der Waals surface area contributed by atoms with Gasteiger partial charge in [0.25, 0.3) is 0 Å². The van der Waals surface area contributed by atoms with E-state index < -0.39 is 0 Å². The Morgan fingerprint density at radius 2 is 2.10 bits per heavy atom. The summed E-state index contributed by atoms with van der Waals surface area (Å²) in [5.41, 5.74) is 1.08. The van der Waals surface area contributed by atoms with Gasteiger partial charge >= 0.3 is 0 Å². The van der Waals surface area contributed by atoms with Crippen molar-refractivity contribution in [2.45, 2.75) is 45.1 Å². The van der Waals surface area contributed by atoms with E-state index in [0.717, 1.165) is 42.7 Å². The molecule has 116 valence electrons. The van der Waals surface area contributed by atoms with Crippen LogP contribution in [0.1, 0.15) is 38.2 Å². The van der Waals surface area contributed by atoms with Gasteiger partial charge in [0, 0.05) is 6.04 Å². The van der Waals surface area contributed by atoms with Crippen LogP contribution in [-0.2, 0) is 6.42 Å². The van der Waals surface area contributed by atoms with Crippen molar-refractivity contribution in [3.05, 3.63) is 29.6 Å². The Kier molecular flexibility index (Phi) is 4.48. The monoisotopic (exact) mass is 291 g/mol. The van der Waals surface area contributed by atoms with Gasteiger partial charge in [-0.15, -0.1) is 0 Å². The Bertz CT molecular complexity index is 480. The summed E-state index contributed by atoms with van der Waals surface area (Å²) in [6.45, 7) is 3.25. The molecule has 0 radical (unpaired) electrons. The highest BCUT2D eigenvalue weighted by Gasteiger charge is 2.55. The molecule has 3 rings (SSSR count). The third kappa shape index (κ3) is 3.08. The first-order valence-corrected chi connectivity index (χ1v) is 8.30. The summed E-state index contributed by atoms with van der Waals surface area (Å²) < 4.78 is 18.9. The molecule has 21 heavy (non-hydrogen) atoms. The molecule has 3 unspecified atom stereocenters. The lowest BCUT2D eigenvalue weighted by Gasteiger charge is -2.21. The summed E-state index contributed by atoms with van der Waals surface area (Å²) in [7, 11) is 1.51. The Morgan fingerprint density at radius 1 is 1.33 bits per heavy atom. The van der Waals surface area contributed by atoms with E-state index in [9.17, 15) is 4.39 Å². The third-order valence-electron chi connectivity index (χ3n) is 5.27. The van der Waals surface area contributed by atoms with Crippen molar-refractivity contribution in [1.29, 1.82) is 0 Å². The van der Waals surface area contributed by atoms with Crippen molar-refractivity contribution in [2.75, 3.05) is 13.7 Å². The smallest absolute Gasteiger partial charge is 0.165 e. The quantitative estimate of drug-likeness (QED) is 0.825. The highest BCUT2D eigenvalue weighted by molar-refractivity contribution is 5.30. The van der Waals surface area contributed by atoms with E-state index in [0.29, 0.717) is 11.8 Å². The molecule has 0 heterocycles. The summed E-state index contributed by atoms with van der Waals surface area (Å²) in [5.74, 6) is 2.76. The van der Waals surface area contributed by atoms with Crippen molar-refractivity contribution >= 4 is 0 Å². The molecule has 0 amide bonds. The average Bonchev–Trinajstić information content (AvgIpc) is 2.95. The van der Waals surface area contributed by atoms with Crippen LogP contribution in [0.4, 0.5) is 4.39 Å². The Hall–Kier alpha value is -1.09. The minimum absolute atomic E-state index is 0.250. The van der Waals surface area contributed by atoms with Crippen LogP contribution in [0.2, 0.25) is 0 Å². The second-order valence-corrected chi connectivity index (χ2v) is 6.57. The van der Waals surface area contributed by atoms with Gasteiger partial charge in [-0.1, -0.05) is 19.4 Å². The van der Waals surface area contributed by atoms with Gasteiger partial charge in [0.05, 0.1) is 7.11 Å². The number of hydrogen-bond acceptors (Lipinski definition) is 2. The number of fused-ring (bicyclic) bond motifs is 1. The van der Waals surface area contributed by atoms with Crippen LogP contribution in [0.5, 0.6) is 5.75 Å². The summed E-state index contributed by atoms with van der Waals surface area (Å²) in [6.07, 6.45) is 6.28. The van der Waals surface area contributed by atoms with Crippen molar-refractivity contribution in [3.63, 3.8) is 0 Å². The summed E-state index contributed by atoms with van der Waals surface area (Å²) >= 11 is 0. The zero-order valence-electron chi connectivity index (χ0n) is 13.1. The number of ether oxygens (including phenoxy) is 1. The molecule has 1 aromatic carbocycles. The SMILES string of the molecule is CCCNC(Cc1ccc(OC)c(F)c1)C1C2CCCC21. The van der Waals surface area contributed by atoms with E-state index in [2.05, 4.69) is 12.2 Å². The van der Waals surface area contributed by atoms with E-state index in [1.54, 1.807) is 12.1 Å². The van der Waals surface area contributed by atoms with Crippen molar-refractivity contribution in [3.8, 4) is 5.75 Å². The molecule has 0 saturated heterocycles. The number of benzene rings is 1. The topological polar surface area (TPSA) is 21.3 Å². The second-order valence-electron chi connectivity index (χ2n) is 6.57. The second kappa shape index (κ2) is 6.35. The fourth-order valence-electron chi connectivity index (χ4n) is 4.24. The minimum Gasteiger partial charge on any atom is -0.494 e. The number of methoxy groups -OCH3 is 1. The molecule has 2 aliphatic rings. The lowest BCUT2D eigenvalue weighted by molar-refractivity contribution is 0.383. The van der Waals surface area contributed by atoms with Gasteiger partial charge in [0.1, 0.15) is 0 Å². The molecule has 0 aromatic heterocycles.